The van der Waals surface area contributed by atoms with Crippen LogP contribution in [0.2, 0.25) is 0 Å². The fraction of sp³-hybridized carbons (Fsp3) is 0.970. The molecule has 0 bridgehead atoms. The van der Waals surface area contributed by atoms with E-state index in [1.54, 1.807) is 0 Å². The molecular formula is C33H67N3O4. The highest BCUT2D eigenvalue weighted by molar-refractivity contribution is 5.69. The van der Waals surface area contributed by atoms with Crippen molar-refractivity contribution < 1.29 is 19.4 Å². The summed E-state index contributed by atoms with van der Waals surface area (Å²) in [5, 5.41) is 9.85. The van der Waals surface area contributed by atoms with E-state index in [9.17, 15) is 9.90 Å². The Bertz CT molecular complexity index is 631. The highest BCUT2D eigenvalue weighted by Crippen LogP contribution is 2.26. The summed E-state index contributed by atoms with van der Waals surface area (Å²) in [7, 11) is 6.13. The molecule has 0 aromatic heterocycles. The number of nitrogens with zero attached hydrogens (tertiary/aromatic N) is 3. The summed E-state index contributed by atoms with van der Waals surface area (Å²) in [6.45, 7) is 13.2. The van der Waals surface area contributed by atoms with Gasteiger partial charge in [-0.3, -0.25) is 14.6 Å². The van der Waals surface area contributed by atoms with Crippen molar-refractivity contribution >= 4 is 5.97 Å². The number of hydrogen-bond acceptors (Lipinski definition) is 7. The smallest absolute Gasteiger partial charge is 0.307 e. The van der Waals surface area contributed by atoms with Gasteiger partial charge < -0.3 is 19.5 Å². The van der Waals surface area contributed by atoms with E-state index in [-0.39, 0.29) is 30.1 Å². The Balaban J connectivity index is 2.22. The lowest BCUT2D eigenvalue weighted by molar-refractivity contribution is -0.148. The molecule has 0 spiro atoms. The zero-order valence-electron chi connectivity index (χ0n) is 27.6. The van der Waals surface area contributed by atoms with Crippen LogP contribution in [0.1, 0.15) is 124 Å². The van der Waals surface area contributed by atoms with Crippen LogP contribution in [0.15, 0.2) is 0 Å². The van der Waals surface area contributed by atoms with Crippen molar-refractivity contribution in [1.29, 1.82) is 0 Å². The van der Waals surface area contributed by atoms with Gasteiger partial charge >= 0.3 is 5.97 Å². The SMILES string of the molecule is CCCCCCCCCCC(CC)N(C)COCC(C)(C)CCCCN1C[C@@H](OC(=O)CCN(C)C)C[C@H]1CO. The summed E-state index contributed by atoms with van der Waals surface area (Å²) < 4.78 is 11.9. The van der Waals surface area contributed by atoms with Crippen LogP contribution in [-0.4, -0.2) is 105 Å². The lowest BCUT2D eigenvalue weighted by Gasteiger charge is -2.30. The third kappa shape index (κ3) is 17.3. The predicted octanol–water partition coefficient (Wildman–Crippen LogP) is 6.33. The quantitative estimate of drug-likeness (QED) is 0.0783. The summed E-state index contributed by atoms with van der Waals surface area (Å²) in [6.07, 6.45) is 17.8. The minimum Gasteiger partial charge on any atom is -0.461 e. The minimum absolute atomic E-state index is 0.0934. The third-order valence-electron chi connectivity index (χ3n) is 8.58. The normalized spacial score (nSPS) is 19.1. The van der Waals surface area contributed by atoms with Crippen molar-refractivity contribution in [2.75, 3.05) is 60.7 Å². The van der Waals surface area contributed by atoms with Gasteiger partial charge in [0, 0.05) is 31.6 Å². The number of aliphatic hydroxyl groups is 1. The number of likely N-dealkylation sites (tertiary alicyclic amines) is 1. The summed E-state index contributed by atoms with van der Waals surface area (Å²) in [4.78, 5) is 18.8. The van der Waals surface area contributed by atoms with Crippen molar-refractivity contribution in [2.45, 2.75) is 142 Å². The van der Waals surface area contributed by atoms with Crippen molar-refractivity contribution in [3.63, 3.8) is 0 Å². The van der Waals surface area contributed by atoms with E-state index in [1.807, 2.05) is 19.0 Å². The molecule has 7 nitrogen and oxygen atoms in total. The lowest BCUT2D eigenvalue weighted by Crippen LogP contribution is -2.35. The largest absolute Gasteiger partial charge is 0.461 e. The van der Waals surface area contributed by atoms with Crippen molar-refractivity contribution in [3.05, 3.63) is 0 Å². The second-order valence-corrected chi connectivity index (χ2v) is 13.4. The molecule has 3 atom stereocenters. The molecule has 0 aromatic carbocycles. The Morgan fingerprint density at radius 2 is 1.68 bits per heavy atom. The number of hydrogen-bond donors (Lipinski definition) is 1. The minimum atomic E-state index is -0.136. The predicted molar refractivity (Wildman–Crippen MR) is 168 cm³/mol. The van der Waals surface area contributed by atoms with Crippen LogP contribution in [0.25, 0.3) is 0 Å². The van der Waals surface area contributed by atoms with Gasteiger partial charge in [-0.1, -0.05) is 85.5 Å². The highest BCUT2D eigenvalue weighted by atomic mass is 16.5. The van der Waals surface area contributed by atoms with Crippen molar-refractivity contribution in [3.8, 4) is 0 Å². The summed E-state index contributed by atoms with van der Waals surface area (Å²) in [5.74, 6) is -0.136. The Morgan fingerprint density at radius 1 is 1.00 bits per heavy atom. The van der Waals surface area contributed by atoms with E-state index in [0.29, 0.717) is 25.7 Å². The summed E-state index contributed by atoms with van der Waals surface area (Å²) >= 11 is 0. The van der Waals surface area contributed by atoms with E-state index in [0.717, 1.165) is 45.4 Å². The number of ether oxygens (including phenoxy) is 2. The first-order chi connectivity index (χ1) is 19.1. The van der Waals surface area contributed by atoms with Gasteiger partial charge in [-0.2, -0.15) is 0 Å². The topological polar surface area (TPSA) is 65.5 Å². The Kier molecular flexibility index (Phi) is 20.4. The first-order valence-electron chi connectivity index (χ1n) is 16.6. The molecule has 0 aliphatic carbocycles. The molecule has 0 amide bonds. The molecule has 40 heavy (non-hydrogen) atoms. The van der Waals surface area contributed by atoms with Gasteiger partial charge in [0.2, 0.25) is 0 Å². The first-order valence-corrected chi connectivity index (χ1v) is 16.6. The second kappa shape index (κ2) is 21.9. The van der Waals surface area contributed by atoms with Gasteiger partial charge in [-0.05, 0) is 58.8 Å². The van der Waals surface area contributed by atoms with Gasteiger partial charge in [-0.25, -0.2) is 0 Å². The number of esters is 1. The van der Waals surface area contributed by atoms with Gasteiger partial charge in [0.1, 0.15) is 6.10 Å². The fourth-order valence-corrected chi connectivity index (χ4v) is 5.86. The maximum atomic E-state index is 12.1. The second-order valence-electron chi connectivity index (χ2n) is 13.4. The molecule has 0 aromatic rings. The van der Waals surface area contributed by atoms with Crippen LogP contribution in [0.3, 0.4) is 0 Å². The van der Waals surface area contributed by atoms with Crippen LogP contribution in [0.5, 0.6) is 0 Å². The Labute approximate surface area is 248 Å². The maximum Gasteiger partial charge on any atom is 0.307 e. The molecule has 7 heteroatoms. The zero-order chi connectivity index (χ0) is 29.8. The van der Waals surface area contributed by atoms with E-state index < -0.39 is 0 Å². The Morgan fingerprint density at radius 3 is 2.30 bits per heavy atom. The van der Waals surface area contributed by atoms with Crippen LogP contribution in [0.4, 0.5) is 0 Å². The van der Waals surface area contributed by atoms with Crippen LogP contribution in [0, 0.1) is 5.41 Å². The van der Waals surface area contributed by atoms with E-state index in [1.165, 1.54) is 64.2 Å². The summed E-state index contributed by atoms with van der Waals surface area (Å²) in [5.41, 5.74) is 0.145. The zero-order valence-corrected chi connectivity index (χ0v) is 27.6. The molecule has 1 saturated heterocycles. The van der Waals surface area contributed by atoms with Crippen LogP contribution < -0.4 is 0 Å². The molecule has 1 fully saturated rings. The lowest BCUT2D eigenvalue weighted by atomic mass is 9.88. The third-order valence-corrected chi connectivity index (χ3v) is 8.58. The standard InChI is InChI=1S/C33H67N3O4/c1-8-10-11-12-13-14-15-16-19-29(9-2)35(7)28-39-27-33(3,4)21-17-18-22-36-25-31(24-30(36)26-37)40-32(38)20-23-34(5)6/h29-31,37H,8-28H2,1-7H3/t29?,30-,31-/m0/s1. The molecule has 0 radical (unpaired) electrons. The molecular weight excluding hydrogens is 502 g/mol. The number of carbonyl (C=O) groups is 1. The van der Waals surface area contributed by atoms with Crippen molar-refractivity contribution in [2.24, 2.45) is 5.41 Å². The van der Waals surface area contributed by atoms with Gasteiger partial charge in [0.15, 0.2) is 0 Å². The molecule has 1 heterocycles. The van der Waals surface area contributed by atoms with Gasteiger partial charge in [0.05, 0.1) is 26.4 Å². The summed E-state index contributed by atoms with van der Waals surface area (Å²) in [6, 6.07) is 0.704. The van der Waals surface area contributed by atoms with E-state index in [4.69, 9.17) is 9.47 Å². The van der Waals surface area contributed by atoms with Crippen LogP contribution in [-0.2, 0) is 14.3 Å². The molecule has 0 saturated carbocycles. The average molecular weight is 570 g/mol. The van der Waals surface area contributed by atoms with E-state index >= 15 is 0 Å². The monoisotopic (exact) mass is 570 g/mol. The molecule has 1 aliphatic rings. The van der Waals surface area contributed by atoms with Gasteiger partial charge in [0.25, 0.3) is 0 Å². The molecule has 1 aliphatic heterocycles. The Hall–Kier alpha value is -0.730. The van der Waals surface area contributed by atoms with E-state index in [2.05, 4.69) is 44.5 Å². The fourth-order valence-electron chi connectivity index (χ4n) is 5.86. The number of aliphatic hydroxyl groups excluding tert-OH is 1. The molecule has 238 valence electrons. The maximum absolute atomic E-state index is 12.1. The molecule has 1 unspecified atom stereocenters. The average Bonchev–Trinajstić information content (AvgIpc) is 3.30. The van der Waals surface area contributed by atoms with Gasteiger partial charge in [-0.15, -0.1) is 0 Å². The molecule has 1 N–H and O–H groups in total. The van der Waals surface area contributed by atoms with Crippen LogP contribution >= 0.6 is 0 Å². The number of unbranched alkanes of at least 4 members (excludes halogenated alkanes) is 8. The van der Waals surface area contributed by atoms with Crippen molar-refractivity contribution in [1.82, 2.24) is 14.7 Å². The highest BCUT2D eigenvalue weighted by Gasteiger charge is 2.33. The molecule has 1 rings (SSSR count). The first kappa shape index (κ1) is 37.3. The number of rotatable bonds is 25. The number of carbonyl (C=O) groups excluding carboxylic acids is 1.